The molecule has 2 aliphatic rings. The quantitative estimate of drug-likeness (QED) is 0.824. The van der Waals surface area contributed by atoms with Crippen LogP contribution in [0.3, 0.4) is 0 Å². The number of hydrogen-bond donors (Lipinski definition) is 2. The molecule has 3 rings (SSSR count). The Hall–Kier alpha value is -1.03. The van der Waals surface area contributed by atoms with E-state index in [9.17, 15) is 4.79 Å². The second-order valence-corrected chi connectivity index (χ2v) is 5.92. The molecule has 2 fully saturated rings. The molecule has 0 radical (unpaired) electrons. The van der Waals surface area contributed by atoms with Gasteiger partial charge in [-0.05, 0) is 42.9 Å². The highest BCUT2D eigenvalue weighted by molar-refractivity contribution is 9.10. The van der Waals surface area contributed by atoms with E-state index in [1.54, 1.807) is 0 Å². The number of nitrogen functional groups attached to an aromatic ring is 1. The topological polar surface area (TPSA) is 55.1 Å². The van der Waals surface area contributed by atoms with E-state index in [2.05, 4.69) is 21.2 Å². The van der Waals surface area contributed by atoms with Gasteiger partial charge in [0.2, 0.25) is 5.91 Å². The van der Waals surface area contributed by atoms with Crippen molar-refractivity contribution in [3.8, 4) is 0 Å². The number of benzene rings is 1. The molecule has 90 valence electrons. The number of fused-ring (bicyclic) bond motifs is 1. The summed E-state index contributed by atoms with van der Waals surface area (Å²) in [5.74, 6) is 1.68. The van der Waals surface area contributed by atoms with Crippen LogP contribution in [0.4, 0.5) is 11.4 Å². The summed E-state index contributed by atoms with van der Waals surface area (Å²) < 4.78 is 0.927. The maximum atomic E-state index is 12.0. The highest BCUT2D eigenvalue weighted by Gasteiger charge is 2.56. The molecule has 1 amide bonds. The van der Waals surface area contributed by atoms with E-state index in [1.165, 1.54) is 19.3 Å². The summed E-state index contributed by atoms with van der Waals surface area (Å²) in [6.07, 6.45) is 3.73. The smallest absolute Gasteiger partial charge is 0.228 e. The fourth-order valence-electron chi connectivity index (χ4n) is 3.07. The van der Waals surface area contributed by atoms with Crippen molar-refractivity contribution in [2.45, 2.75) is 19.3 Å². The number of nitrogens with one attached hydrogen (secondary N) is 1. The second kappa shape index (κ2) is 4.02. The summed E-state index contributed by atoms with van der Waals surface area (Å²) in [4.78, 5) is 12.0. The monoisotopic (exact) mass is 294 g/mol. The minimum Gasteiger partial charge on any atom is -0.397 e. The summed E-state index contributed by atoms with van der Waals surface area (Å²) in [7, 11) is 0. The fourth-order valence-corrected chi connectivity index (χ4v) is 3.45. The molecule has 3 N–H and O–H groups in total. The lowest BCUT2D eigenvalue weighted by Gasteiger charge is -2.09. The highest BCUT2D eigenvalue weighted by Crippen LogP contribution is 2.57. The largest absolute Gasteiger partial charge is 0.397 e. The first-order chi connectivity index (χ1) is 8.16. The standard InChI is InChI=1S/C13H15BrN2O/c14-7-4-5-11(10(15)6-7)16-13(17)12-8-2-1-3-9(8)12/h4-6,8-9,12H,1-3,15H2,(H,16,17). The van der Waals surface area contributed by atoms with E-state index < -0.39 is 0 Å². The van der Waals surface area contributed by atoms with Gasteiger partial charge in [0.1, 0.15) is 0 Å². The number of halogens is 1. The van der Waals surface area contributed by atoms with Gasteiger partial charge >= 0.3 is 0 Å². The van der Waals surface area contributed by atoms with Gasteiger partial charge in [0.15, 0.2) is 0 Å². The van der Waals surface area contributed by atoms with Crippen LogP contribution in [0.25, 0.3) is 0 Å². The summed E-state index contributed by atoms with van der Waals surface area (Å²) in [5.41, 5.74) is 7.20. The minimum atomic E-state index is 0.147. The molecular weight excluding hydrogens is 280 g/mol. The van der Waals surface area contributed by atoms with E-state index in [0.717, 1.165) is 10.2 Å². The molecule has 0 heterocycles. The zero-order chi connectivity index (χ0) is 12.0. The predicted molar refractivity (Wildman–Crippen MR) is 71.5 cm³/mol. The van der Waals surface area contributed by atoms with Gasteiger partial charge in [-0.2, -0.15) is 0 Å². The van der Waals surface area contributed by atoms with Crippen molar-refractivity contribution in [1.29, 1.82) is 0 Å². The lowest BCUT2D eigenvalue weighted by atomic mass is 10.1. The van der Waals surface area contributed by atoms with Gasteiger partial charge in [-0.3, -0.25) is 4.79 Å². The van der Waals surface area contributed by atoms with Crippen LogP contribution >= 0.6 is 15.9 Å². The SMILES string of the molecule is Nc1cc(Br)ccc1NC(=O)C1C2CCCC21. The molecule has 3 nitrogen and oxygen atoms in total. The van der Waals surface area contributed by atoms with Crippen LogP contribution < -0.4 is 11.1 Å². The Labute approximate surface area is 109 Å². The molecule has 1 aromatic carbocycles. The van der Waals surface area contributed by atoms with E-state index in [-0.39, 0.29) is 11.8 Å². The van der Waals surface area contributed by atoms with E-state index in [0.29, 0.717) is 17.5 Å². The predicted octanol–water partition coefficient (Wildman–Crippen LogP) is 3.02. The van der Waals surface area contributed by atoms with Crippen molar-refractivity contribution < 1.29 is 4.79 Å². The molecule has 2 unspecified atom stereocenters. The Morgan fingerprint density at radius 1 is 1.35 bits per heavy atom. The van der Waals surface area contributed by atoms with Crippen LogP contribution in [0.1, 0.15) is 19.3 Å². The molecule has 0 aromatic heterocycles. The molecule has 0 saturated heterocycles. The van der Waals surface area contributed by atoms with E-state index in [1.807, 2.05) is 18.2 Å². The van der Waals surface area contributed by atoms with Gasteiger partial charge in [0.05, 0.1) is 11.4 Å². The van der Waals surface area contributed by atoms with Crippen LogP contribution in [0.15, 0.2) is 22.7 Å². The van der Waals surface area contributed by atoms with Gasteiger partial charge < -0.3 is 11.1 Å². The van der Waals surface area contributed by atoms with Gasteiger partial charge in [-0.1, -0.05) is 22.4 Å². The van der Waals surface area contributed by atoms with Crippen LogP contribution in [0.2, 0.25) is 0 Å². The van der Waals surface area contributed by atoms with Gasteiger partial charge in [0, 0.05) is 10.4 Å². The molecule has 2 aliphatic carbocycles. The molecule has 2 saturated carbocycles. The molecule has 17 heavy (non-hydrogen) atoms. The lowest BCUT2D eigenvalue weighted by molar-refractivity contribution is -0.118. The number of rotatable bonds is 2. The molecule has 0 aliphatic heterocycles. The van der Waals surface area contributed by atoms with Crippen LogP contribution in [0, 0.1) is 17.8 Å². The number of anilines is 2. The normalized spacial score (nSPS) is 29.8. The Bertz CT molecular complexity index is 464. The Morgan fingerprint density at radius 3 is 2.71 bits per heavy atom. The van der Waals surface area contributed by atoms with Crippen molar-refractivity contribution in [1.82, 2.24) is 0 Å². The summed E-state index contributed by atoms with van der Waals surface area (Å²) in [5, 5.41) is 2.94. The van der Waals surface area contributed by atoms with Crippen LogP contribution in [-0.4, -0.2) is 5.91 Å². The summed E-state index contributed by atoms with van der Waals surface area (Å²) in [6, 6.07) is 5.54. The number of nitrogens with two attached hydrogens (primary N) is 1. The number of hydrogen-bond acceptors (Lipinski definition) is 2. The van der Waals surface area contributed by atoms with Gasteiger partial charge in [-0.15, -0.1) is 0 Å². The third-order valence-corrected chi connectivity index (χ3v) is 4.47. The minimum absolute atomic E-state index is 0.147. The van der Waals surface area contributed by atoms with Crippen molar-refractivity contribution in [2.75, 3.05) is 11.1 Å². The van der Waals surface area contributed by atoms with E-state index >= 15 is 0 Å². The van der Waals surface area contributed by atoms with Crippen LogP contribution in [-0.2, 0) is 4.79 Å². The second-order valence-electron chi connectivity index (χ2n) is 5.01. The molecule has 4 heteroatoms. The molecule has 0 bridgehead atoms. The van der Waals surface area contributed by atoms with E-state index in [4.69, 9.17) is 5.73 Å². The first-order valence-corrected chi connectivity index (χ1v) is 6.82. The number of carbonyl (C=O) groups excluding carboxylic acids is 1. The Morgan fingerprint density at radius 2 is 2.06 bits per heavy atom. The highest BCUT2D eigenvalue weighted by atomic mass is 79.9. The Kier molecular flexibility index (Phi) is 2.62. The van der Waals surface area contributed by atoms with Crippen LogP contribution in [0.5, 0.6) is 0 Å². The molecule has 1 aromatic rings. The lowest BCUT2D eigenvalue weighted by Crippen LogP contribution is -2.17. The van der Waals surface area contributed by atoms with Gasteiger partial charge in [0.25, 0.3) is 0 Å². The Balaban J connectivity index is 1.69. The third-order valence-electron chi connectivity index (χ3n) is 3.98. The molecule has 2 atom stereocenters. The third kappa shape index (κ3) is 1.95. The summed E-state index contributed by atoms with van der Waals surface area (Å²) >= 11 is 3.35. The number of carbonyl (C=O) groups is 1. The van der Waals surface area contributed by atoms with Crippen molar-refractivity contribution in [2.24, 2.45) is 17.8 Å². The first kappa shape index (κ1) is 11.1. The maximum Gasteiger partial charge on any atom is 0.228 e. The zero-order valence-corrected chi connectivity index (χ0v) is 11.0. The fraction of sp³-hybridized carbons (Fsp3) is 0.462. The van der Waals surface area contributed by atoms with Crippen molar-refractivity contribution >= 4 is 33.2 Å². The molecule has 0 spiro atoms. The van der Waals surface area contributed by atoms with Crippen molar-refractivity contribution in [3.05, 3.63) is 22.7 Å². The summed E-state index contributed by atoms with van der Waals surface area (Å²) in [6.45, 7) is 0. The molecular formula is C13H15BrN2O. The van der Waals surface area contributed by atoms with Crippen molar-refractivity contribution in [3.63, 3.8) is 0 Å². The first-order valence-electron chi connectivity index (χ1n) is 6.02. The average Bonchev–Trinajstić information content (AvgIpc) is 2.77. The maximum absolute atomic E-state index is 12.0. The zero-order valence-electron chi connectivity index (χ0n) is 9.45. The number of amides is 1. The van der Waals surface area contributed by atoms with Gasteiger partial charge in [-0.25, -0.2) is 0 Å². The average molecular weight is 295 g/mol.